The van der Waals surface area contributed by atoms with Gasteiger partial charge in [0.05, 0.1) is 12.7 Å². The van der Waals surface area contributed by atoms with Gasteiger partial charge in [0.2, 0.25) is 0 Å². The van der Waals surface area contributed by atoms with E-state index in [-0.39, 0.29) is 16.2 Å². The Hall–Kier alpha value is -3.06. The SMILES string of the molecule is COc1ccc(C(N)=O)c(OS(=O)(=O)c2ccc3ccccc3c2)c1. The Morgan fingerprint density at radius 3 is 2.36 bits per heavy atom. The number of fused-ring (bicyclic) bond motifs is 1. The van der Waals surface area contributed by atoms with Crippen LogP contribution in [-0.2, 0) is 10.1 Å². The fraction of sp³-hybridized carbons (Fsp3) is 0.0556. The van der Waals surface area contributed by atoms with Crippen molar-refractivity contribution in [1.29, 1.82) is 0 Å². The van der Waals surface area contributed by atoms with Crippen LogP contribution in [0.5, 0.6) is 11.5 Å². The van der Waals surface area contributed by atoms with Gasteiger partial charge in [0, 0.05) is 6.07 Å². The molecule has 1 amide bonds. The lowest BCUT2D eigenvalue weighted by Crippen LogP contribution is -2.16. The van der Waals surface area contributed by atoms with Crippen LogP contribution in [0.15, 0.2) is 65.6 Å². The first-order chi connectivity index (χ1) is 11.9. The summed E-state index contributed by atoms with van der Waals surface area (Å²) < 4.78 is 35.4. The number of benzene rings is 3. The molecule has 0 aliphatic rings. The van der Waals surface area contributed by atoms with Gasteiger partial charge >= 0.3 is 10.1 Å². The van der Waals surface area contributed by atoms with Crippen molar-refractivity contribution < 1.29 is 22.1 Å². The first-order valence-corrected chi connectivity index (χ1v) is 8.73. The van der Waals surface area contributed by atoms with Gasteiger partial charge in [0.25, 0.3) is 5.91 Å². The van der Waals surface area contributed by atoms with Crippen LogP contribution in [0.1, 0.15) is 10.4 Å². The predicted octanol–water partition coefficient (Wildman–Crippen LogP) is 2.72. The molecule has 7 heteroatoms. The number of carbonyl (C=O) groups is 1. The molecular weight excluding hydrogens is 342 g/mol. The summed E-state index contributed by atoms with van der Waals surface area (Å²) in [4.78, 5) is 11.5. The fourth-order valence-electron chi connectivity index (χ4n) is 2.39. The van der Waals surface area contributed by atoms with Gasteiger partial charge in [0.1, 0.15) is 10.6 Å². The number of primary amides is 1. The maximum absolute atomic E-state index is 12.6. The average molecular weight is 357 g/mol. The lowest BCUT2D eigenvalue weighted by Gasteiger charge is -2.11. The molecule has 0 bridgehead atoms. The second kappa shape index (κ2) is 6.45. The molecule has 0 aromatic heterocycles. The molecule has 25 heavy (non-hydrogen) atoms. The van der Waals surface area contributed by atoms with Gasteiger partial charge < -0.3 is 14.7 Å². The van der Waals surface area contributed by atoms with Gasteiger partial charge in [0.15, 0.2) is 5.75 Å². The molecule has 0 saturated carbocycles. The highest BCUT2D eigenvalue weighted by Gasteiger charge is 2.21. The van der Waals surface area contributed by atoms with Crippen molar-refractivity contribution in [2.24, 2.45) is 5.73 Å². The van der Waals surface area contributed by atoms with E-state index in [2.05, 4.69) is 0 Å². The number of methoxy groups -OCH3 is 1. The molecule has 0 spiro atoms. The number of hydrogen-bond acceptors (Lipinski definition) is 5. The molecular formula is C18H15NO5S. The molecule has 0 fully saturated rings. The van der Waals surface area contributed by atoms with Crippen molar-refractivity contribution in [1.82, 2.24) is 0 Å². The number of nitrogens with two attached hydrogens (primary N) is 1. The van der Waals surface area contributed by atoms with Gasteiger partial charge in [-0.05, 0) is 35.0 Å². The molecule has 0 radical (unpaired) electrons. The minimum atomic E-state index is -4.15. The van der Waals surface area contributed by atoms with Crippen molar-refractivity contribution in [2.75, 3.05) is 7.11 Å². The van der Waals surface area contributed by atoms with Crippen LogP contribution in [0.2, 0.25) is 0 Å². The molecule has 2 N–H and O–H groups in total. The van der Waals surface area contributed by atoms with E-state index in [1.807, 2.05) is 18.2 Å². The Bertz CT molecular complexity index is 1060. The number of hydrogen-bond donors (Lipinski definition) is 1. The molecule has 3 aromatic carbocycles. The Labute approximate surface area is 144 Å². The van der Waals surface area contributed by atoms with Crippen LogP contribution in [0.3, 0.4) is 0 Å². The maximum Gasteiger partial charge on any atom is 0.339 e. The van der Waals surface area contributed by atoms with Crippen LogP contribution < -0.4 is 14.7 Å². The Morgan fingerprint density at radius 2 is 1.68 bits per heavy atom. The third-order valence-electron chi connectivity index (χ3n) is 3.66. The van der Waals surface area contributed by atoms with E-state index in [4.69, 9.17) is 14.7 Å². The summed E-state index contributed by atoms with van der Waals surface area (Å²) in [6.45, 7) is 0. The summed E-state index contributed by atoms with van der Waals surface area (Å²) in [6, 6.07) is 16.1. The summed E-state index contributed by atoms with van der Waals surface area (Å²) in [5, 5.41) is 1.66. The quantitative estimate of drug-likeness (QED) is 0.708. The highest BCUT2D eigenvalue weighted by atomic mass is 32.2. The highest BCUT2D eigenvalue weighted by molar-refractivity contribution is 7.87. The van der Waals surface area contributed by atoms with E-state index in [0.29, 0.717) is 5.75 Å². The standard InChI is InChI=1S/C18H15NO5S/c1-23-14-7-9-16(18(19)20)17(11-14)24-25(21,22)15-8-6-12-4-2-3-5-13(12)10-15/h2-11H,1H3,(H2,19,20). The average Bonchev–Trinajstić information content (AvgIpc) is 2.60. The van der Waals surface area contributed by atoms with Crippen LogP contribution in [0.4, 0.5) is 0 Å². The van der Waals surface area contributed by atoms with E-state index in [1.165, 1.54) is 37.4 Å². The second-order valence-corrected chi connectivity index (χ2v) is 6.82. The van der Waals surface area contributed by atoms with E-state index in [0.717, 1.165) is 10.8 Å². The highest BCUT2D eigenvalue weighted by Crippen LogP contribution is 2.28. The summed E-state index contributed by atoms with van der Waals surface area (Å²) >= 11 is 0. The van der Waals surface area contributed by atoms with Crippen LogP contribution >= 0.6 is 0 Å². The number of ether oxygens (including phenoxy) is 1. The number of carbonyl (C=O) groups excluding carboxylic acids is 1. The number of amides is 1. The third kappa shape index (κ3) is 3.41. The van der Waals surface area contributed by atoms with E-state index < -0.39 is 16.0 Å². The molecule has 3 aromatic rings. The smallest absolute Gasteiger partial charge is 0.339 e. The third-order valence-corrected chi connectivity index (χ3v) is 4.89. The molecule has 0 atom stereocenters. The lowest BCUT2D eigenvalue weighted by molar-refractivity contribution is 0.0999. The molecule has 128 valence electrons. The first kappa shape index (κ1) is 16.8. The van der Waals surface area contributed by atoms with E-state index >= 15 is 0 Å². The lowest BCUT2D eigenvalue weighted by atomic mass is 10.1. The van der Waals surface area contributed by atoms with Gasteiger partial charge in [-0.2, -0.15) is 8.42 Å². The van der Waals surface area contributed by atoms with E-state index in [9.17, 15) is 13.2 Å². The van der Waals surface area contributed by atoms with Gasteiger partial charge in [-0.15, -0.1) is 0 Å². The summed E-state index contributed by atoms with van der Waals surface area (Å²) in [6.07, 6.45) is 0. The minimum Gasteiger partial charge on any atom is -0.497 e. The summed E-state index contributed by atoms with van der Waals surface area (Å²) in [5.41, 5.74) is 5.23. The predicted molar refractivity (Wildman–Crippen MR) is 93.3 cm³/mol. The van der Waals surface area contributed by atoms with Crippen LogP contribution in [0, 0.1) is 0 Å². The van der Waals surface area contributed by atoms with Gasteiger partial charge in [-0.25, -0.2) is 0 Å². The van der Waals surface area contributed by atoms with Gasteiger partial charge in [-0.1, -0.05) is 30.3 Å². The van der Waals surface area contributed by atoms with Crippen molar-refractivity contribution in [3.8, 4) is 11.5 Å². The zero-order valence-corrected chi connectivity index (χ0v) is 14.1. The maximum atomic E-state index is 12.6. The molecule has 0 aliphatic heterocycles. The number of rotatable bonds is 5. The van der Waals surface area contributed by atoms with Crippen LogP contribution in [0.25, 0.3) is 10.8 Å². The van der Waals surface area contributed by atoms with Crippen molar-refractivity contribution in [2.45, 2.75) is 4.90 Å². The second-order valence-electron chi connectivity index (χ2n) is 5.27. The molecule has 6 nitrogen and oxygen atoms in total. The molecule has 0 saturated heterocycles. The topological polar surface area (TPSA) is 95.7 Å². The zero-order valence-electron chi connectivity index (χ0n) is 13.3. The Morgan fingerprint density at radius 1 is 0.960 bits per heavy atom. The monoisotopic (exact) mass is 357 g/mol. The zero-order chi connectivity index (χ0) is 18.0. The molecule has 0 aliphatic carbocycles. The molecule has 0 heterocycles. The summed E-state index contributed by atoms with van der Waals surface area (Å²) in [7, 11) is -2.73. The van der Waals surface area contributed by atoms with Crippen molar-refractivity contribution in [3.63, 3.8) is 0 Å². The largest absolute Gasteiger partial charge is 0.497 e. The minimum absolute atomic E-state index is 0.0237. The van der Waals surface area contributed by atoms with E-state index in [1.54, 1.807) is 12.1 Å². The van der Waals surface area contributed by atoms with Crippen molar-refractivity contribution in [3.05, 3.63) is 66.2 Å². The Balaban J connectivity index is 2.04. The first-order valence-electron chi connectivity index (χ1n) is 7.32. The summed E-state index contributed by atoms with van der Waals surface area (Å²) in [5.74, 6) is -0.639. The van der Waals surface area contributed by atoms with Crippen molar-refractivity contribution >= 4 is 26.8 Å². The molecule has 0 unspecified atom stereocenters. The fourth-order valence-corrected chi connectivity index (χ4v) is 3.37. The normalized spacial score (nSPS) is 11.2. The Kier molecular flexibility index (Phi) is 4.33. The molecule has 3 rings (SSSR count). The van der Waals surface area contributed by atoms with Crippen LogP contribution in [-0.4, -0.2) is 21.4 Å². The van der Waals surface area contributed by atoms with Gasteiger partial charge in [-0.3, -0.25) is 4.79 Å².